The van der Waals surface area contributed by atoms with Crippen molar-refractivity contribution in [1.82, 2.24) is 4.90 Å². The average molecular weight is 402 g/mol. The molecule has 1 aliphatic heterocycles. The average Bonchev–Trinajstić information content (AvgIpc) is 2.85. The van der Waals surface area contributed by atoms with Gasteiger partial charge >= 0.3 is 0 Å². The van der Waals surface area contributed by atoms with E-state index < -0.39 is 0 Å². The van der Waals surface area contributed by atoms with Crippen LogP contribution in [-0.2, 0) is 11.3 Å². The molecule has 1 atom stereocenters. The van der Waals surface area contributed by atoms with Gasteiger partial charge in [-0.2, -0.15) is 5.10 Å². The smallest absolute Gasteiger partial charge is 0.242 e. The molecule has 2 aromatic rings. The van der Waals surface area contributed by atoms with E-state index in [0.29, 0.717) is 11.7 Å². The number of rotatable bonds is 4. The van der Waals surface area contributed by atoms with Crippen molar-refractivity contribution in [2.45, 2.75) is 18.7 Å². The van der Waals surface area contributed by atoms with Gasteiger partial charge in [-0.1, -0.05) is 70.2 Å². The molecule has 1 fully saturated rings. The highest BCUT2D eigenvalue weighted by Crippen LogP contribution is 2.28. The zero-order valence-corrected chi connectivity index (χ0v) is 15.5. The van der Waals surface area contributed by atoms with Crippen LogP contribution in [0.15, 0.2) is 69.3 Å². The first-order chi connectivity index (χ1) is 11.6. The fourth-order valence-electron chi connectivity index (χ4n) is 2.27. The summed E-state index contributed by atoms with van der Waals surface area (Å²) in [7, 11) is 0. The lowest BCUT2D eigenvalue weighted by atomic mass is 10.2. The van der Waals surface area contributed by atoms with Crippen molar-refractivity contribution in [3.05, 3.63) is 70.2 Å². The SMILES string of the molecule is CC1S/C(=N/N=C/c2ccc(Br)cc2)N(Cc2ccccc2)C1=O. The maximum absolute atomic E-state index is 12.4. The first kappa shape index (κ1) is 16.9. The van der Waals surface area contributed by atoms with Gasteiger partial charge in [0.2, 0.25) is 5.91 Å². The summed E-state index contributed by atoms with van der Waals surface area (Å²) < 4.78 is 1.02. The Labute approximate surface area is 153 Å². The molecule has 0 spiro atoms. The van der Waals surface area contributed by atoms with Gasteiger partial charge in [-0.3, -0.25) is 9.69 Å². The Bertz CT molecular complexity index is 775. The van der Waals surface area contributed by atoms with Gasteiger partial charge < -0.3 is 0 Å². The van der Waals surface area contributed by atoms with Crippen molar-refractivity contribution >= 4 is 45.0 Å². The second-order valence-electron chi connectivity index (χ2n) is 5.35. The predicted molar refractivity (Wildman–Crippen MR) is 103 cm³/mol. The summed E-state index contributed by atoms with van der Waals surface area (Å²) in [6, 6.07) is 17.7. The molecular formula is C18H16BrN3OS. The molecule has 4 nitrogen and oxygen atoms in total. The lowest BCUT2D eigenvalue weighted by molar-refractivity contribution is -0.126. The monoisotopic (exact) mass is 401 g/mol. The number of hydrogen-bond acceptors (Lipinski definition) is 4. The minimum atomic E-state index is -0.129. The zero-order valence-electron chi connectivity index (χ0n) is 13.1. The van der Waals surface area contributed by atoms with Crippen molar-refractivity contribution < 1.29 is 4.79 Å². The molecule has 0 bridgehead atoms. The highest BCUT2D eigenvalue weighted by molar-refractivity contribution is 9.10. The molecule has 0 N–H and O–H groups in total. The molecule has 0 aliphatic carbocycles. The molecule has 1 saturated heterocycles. The van der Waals surface area contributed by atoms with Gasteiger partial charge in [0.1, 0.15) is 0 Å². The lowest BCUT2D eigenvalue weighted by Crippen LogP contribution is -2.30. The number of carbonyl (C=O) groups excluding carboxylic acids is 1. The molecular weight excluding hydrogens is 386 g/mol. The van der Waals surface area contributed by atoms with E-state index in [1.807, 2.05) is 61.5 Å². The second kappa shape index (κ2) is 7.77. The van der Waals surface area contributed by atoms with Crippen LogP contribution in [0.25, 0.3) is 0 Å². The van der Waals surface area contributed by atoms with Crippen LogP contribution in [0.4, 0.5) is 0 Å². The van der Waals surface area contributed by atoms with Gasteiger partial charge in [0, 0.05) is 4.47 Å². The molecule has 0 saturated carbocycles. The number of hydrogen-bond donors (Lipinski definition) is 0. The summed E-state index contributed by atoms with van der Waals surface area (Å²) in [6.45, 7) is 2.41. The number of carbonyl (C=O) groups is 1. The number of amidine groups is 1. The molecule has 0 radical (unpaired) electrons. The Hall–Kier alpha value is -1.92. The number of halogens is 1. The van der Waals surface area contributed by atoms with E-state index in [1.165, 1.54) is 11.8 Å². The summed E-state index contributed by atoms with van der Waals surface area (Å²) in [5.74, 6) is 0.0708. The summed E-state index contributed by atoms with van der Waals surface area (Å²) in [4.78, 5) is 14.1. The van der Waals surface area contributed by atoms with E-state index in [-0.39, 0.29) is 11.2 Å². The molecule has 1 amide bonds. The van der Waals surface area contributed by atoms with Gasteiger partial charge in [0.05, 0.1) is 18.0 Å². The van der Waals surface area contributed by atoms with Crippen molar-refractivity contribution in [3.8, 4) is 0 Å². The molecule has 6 heteroatoms. The van der Waals surface area contributed by atoms with E-state index in [0.717, 1.165) is 15.6 Å². The van der Waals surface area contributed by atoms with Crippen molar-refractivity contribution in [2.75, 3.05) is 0 Å². The normalized spacial score (nSPS) is 19.6. The van der Waals surface area contributed by atoms with Crippen molar-refractivity contribution in [1.29, 1.82) is 0 Å². The van der Waals surface area contributed by atoms with E-state index in [4.69, 9.17) is 0 Å². The van der Waals surface area contributed by atoms with Crippen LogP contribution >= 0.6 is 27.7 Å². The van der Waals surface area contributed by atoms with Crippen molar-refractivity contribution in [3.63, 3.8) is 0 Å². The summed E-state index contributed by atoms with van der Waals surface area (Å²) >= 11 is 4.84. The largest absolute Gasteiger partial charge is 0.284 e. The maximum Gasteiger partial charge on any atom is 0.242 e. The Morgan fingerprint density at radius 2 is 1.88 bits per heavy atom. The van der Waals surface area contributed by atoms with Crippen LogP contribution in [0.2, 0.25) is 0 Å². The van der Waals surface area contributed by atoms with E-state index in [2.05, 4.69) is 26.1 Å². The minimum absolute atomic E-state index is 0.0708. The van der Waals surface area contributed by atoms with Crippen LogP contribution in [0, 0.1) is 0 Å². The van der Waals surface area contributed by atoms with Crippen molar-refractivity contribution in [2.24, 2.45) is 10.2 Å². The van der Waals surface area contributed by atoms with Gasteiger partial charge in [0.25, 0.3) is 0 Å². The lowest BCUT2D eigenvalue weighted by Gasteiger charge is -2.15. The van der Waals surface area contributed by atoms with Gasteiger partial charge in [0.15, 0.2) is 5.17 Å². The first-order valence-electron chi connectivity index (χ1n) is 7.52. The van der Waals surface area contributed by atoms with Crippen LogP contribution in [0.5, 0.6) is 0 Å². The Morgan fingerprint density at radius 1 is 1.17 bits per heavy atom. The predicted octanol–water partition coefficient (Wildman–Crippen LogP) is 4.30. The Kier molecular flexibility index (Phi) is 5.48. The maximum atomic E-state index is 12.4. The third kappa shape index (κ3) is 4.13. The van der Waals surface area contributed by atoms with Crippen LogP contribution in [0.1, 0.15) is 18.1 Å². The molecule has 1 unspecified atom stereocenters. The van der Waals surface area contributed by atoms with Crippen LogP contribution < -0.4 is 0 Å². The Balaban J connectivity index is 1.76. The van der Waals surface area contributed by atoms with E-state index in [9.17, 15) is 4.79 Å². The second-order valence-corrected chi connectivity index (χ2v) is 7.57. The minimum Gasteiger partial charge on any atom is -0.284 e. The fourth-order valence-corrected chi connectivity index (χ4v) is 3.45. The Morgan fingerprint density at radius 3 is 2.58 bits per heavy atom. The number of thioether (sulfide) groups is 1. The standard InChI is InChI=1S/C18H16BrN3OS/c1-13-17(23)22(12-15-5-3-2-4-6-15)18(24-13)21-20-11-14-7-9-16(19)10-8-14/h2-11,13H,12H2,1H3/b20-11+,21-18+. The number of benzene rings is 2. The van der Waals surface area contributed by atoms with Gasteiger partial charge in [-0.05, 0) is 30.2 Å². The molecule has 3 rings (SSSR count). The quantitative estimate of drug-likeness (QED) is 0.565. The molecule has 0 aromatic heterocycles. The third-order valence-corrected chi connectivity index (χ3v) is 5.13. The van der Waals surface area contributed by atoms with E-state index >= 15 is 0 Å². The highest BCUT2D eigenvalue weighted by atomic mass is 79.9. The molecule has 2 aromatic carbocycles. The summed E-state index contributed by atoms with van der Waals surface area (Å²) in [6.07, 6.45) is 1.69. The van der Waals surface area contributed by atoms with Crippen LogP contribution in [-0.4, -0.2) is 27.4 Å². The molecule has 1 aliphatic rings. The fraction of sp³-hybridized carbons (Fsp3) is 0.167. The summed E-state index contributed by atoms with van der Waals surface area (Å²) in [5, 5.41) is 8.92. The van der Waals surface area contributed by atoms with Gasteiger partial charge in [-0.25, -0.2) is 0 Å². The third-order valence-electron chi connectivity index (χ3n) is 3.53. The highest BCUT2D eigenvalue weighted by Gasteiger charge is 2.35. The number of amides is 1. The zero-order chi connectivity index (χ0) is 16.9. The molecule has 24 heavy (non-hydrogen) atoms. The number of nitrogens with zero attached hydrogens (tertiary/aromatic N) is 3. The topological polar surface area (TPSA) is 45.0 Å². The molecule has 1 heterocycles. The summed E-state index contributed by atoms with van der Waals surface area (Å²) in [5.41, 5.74) is 2.03. The van der Waals surface area contributed by atoms with Gasteiger partial charge in [-0.15, -0.1) is 5.10 Å². The van der Waals surface area contributed by atoms with E-state index in [1.54, 1.807) is 11.1 Å². The van der Waals surface area contributed by atoms with Crippen LogP contribution in [0.3, 0.4) is 0 Å². The first-order valence-corrected chi connectivity index (χ1v) is 9.19. The molecule has 122 valence electrons.